The zero-order valence-corrected chi connectivity index (χ0v) is 11.6. The summed E-state index contributed by atoms with van der Waals surface area (Å²) in [5, 5.41) is 3.36. The van der Waals surface area contributed by atoms with Crippen LogP contribution in [0.4, 0.5) is 8.78 Å². The Morgan fingerprint density at radius 3 is 2.70 bits per heavy atom. The van der Waals surface area contributed by atoms with Crippen LogP contribution in [0.2, 0.25) is 0 Å². The van der Waals surface area contributed by atoms with Gasteiger partial charge >= 0.3 is 0 Å². The summed E-state index contributed by atoms with van der Waals surface area (Å²) in [5.74, 6) is -0.943. The maximum absolute atomic E-state index is 13.7. The van der Waals surface area contributed by atoms with Gasteiger partial charge in [-0.25, -0.2) is 8.78 Å². The molecule has 0 spiro atoms. The van der Waals surface area contributed by atoms with Crippen LogP contribution in [-0.4, -0.2) is 55.1 Å². The molecular weight excluding hydrogens is 260 g/mol. The summed E-state index contributed by atoms with van der Waals surface area (Å²) in [6, 6.07) is 4.45. The van der Waals surface area contributed by atoms with Gasteiger partial charge in [-0.2, -0.15) is 0 Å². The fraction of sp³-hybridized carbons (Fsp3) is 0.600. The minimum atomic E-state index is -0.508. The second kappa shape index (κ2) is 6.16. The molecule has 0 amide bonds. The van der Waals surface area contributed by atoms with E-state index < -0.39 is 11.6 Å². The lowest BCUT2D eigenvalue weighted by atomic mass is 10.2. The molecule has 1 atom stereocenters. The highest BCUT2D eigenvalue weighted by atomic mass is 19.1. The number of nitrogens with one attached hydrogen (secondary N) is 1. The molecule has 2 saturated heterocycles. The SMILES string of the molecule is Fc1ccc(CN2CCC(N3CCNCC3)C2)c(F)c1. The molecule has 2 fully saturated rings. The van der Waals surface area contributed by atoms with Crippen molar-refractivity contribution in [3.63, 3.8) is 0 Å². The third kappa shape index (κ3) is 3.16. The Kier molecular flexibility index (Phi) is 4.29. The van der Waals surface area contributed by atoms with E-state index in [4.69, 9.17) is 0 Å². The Labute approximate surface area is 118 Å². The third-order valence-electron chi connectivity index (χ3n) is 4.32. The predicted molar refractivity (Wildman–Crippen MR) is 74.5 cm³/mol. The number of benzene rings is 1. The Hall–Kier alpha value is -1.04. The van der Waals surface area contributed by atoms with Crippen LogP contribution >= 0.6 is 0 Å². The van der Waals surface area contributed by atoms with Crippen molar-refractivity contribution in [1.29, 1.82) is 0 Å². The van der Waals surface area contributed by atoms with Gasteiger partial charge in [0.15, 0.2) is 0 Å². The lowest BCUT2D eigenvalue weighted by molar-refractivity contribution is 0.170. The van der Waals surface area contributed by atoms with Gasteiger partial charge in [0.2, 0.25) is 0 Å². The highest BCUT2D eigenvalue weighted by molar-refractivity contribution is 5.18. The van der Waals surface area contributed by atoms with Gasteiger partial charge in [-0.15, -0.1) is 0 Å². The van der Waals surface area contributed by atoms with E-state index in [1.54, 1.807) is 6.07 Å². The van der Waals surface area contributed by atoms with Crippen LogP contribution in [0.25, 0.3) is 0 Å². The van der Waals surface area contributed by atoms with Crippen molar-refractivity contribution in [2.24, 2.45) is 0 Å². The van der Waals surface area contributed by atoms with Crippen LogP contribution in [0.1, 0.15) is 12.0 Å². The Balaban J connectivity index is 1.57. The highest BCUT2D eigenvalue weighted by Gasteiger charge is 2.28. The highest BCUT2D eigenvalue weighted by Crippen LogP contribution is 2.20. The molecule has 5 heteroatoms. The lowest BCUT2D eigenvalue weighted by Crippen LogP contribution is -2.49. The number of hydrogen-bond donors (Lipinski definition) is 1. The molecule has 3 rings (SSSR count). The zero-order chi connectivity index (χ0) is 13.9. The predicted octanol–water partition coefficient (Wildman–Crippen LogP) is 1.44. The number of nitrogens with zero attached hydrogens (tertiary/aromatic N) is 2. The summed E-state index contributed by atoms with van der Waals surface area (Å²) in [6.45, 7) is 6.87. The van der Waals surface area contributed by atoms with Gasteiger partial charge in [0.1, 0.15) is 11.6 Å². The van der Waals surface area contributed by atoms with Crippen LogP contribution in [-0.2, 0) is 6.54 Å². The van der Waals surface area contributed by atoms with Crippen LogP contribution in [0, 0.1) is 11.6 Å². The lowest BCUT2D eigenvalue weighted by Gasteiger charge is -2.32. The summed E-state index contributed by atoms with van der Waals surface area (Å²) in [6.07, 6.45) is 1.14. The first-order valence-electron chi connectivity index (χ1n) is 7.33. The average molecular weight is 281 g/mol. The van der Waals surface area contributed by atoms with Gasteiger partial charge < -0.3 is 5.32 Å². The number of hydrogen-bond acceptors (Lipinski definition) is 3. The van der Waals surface area contributed by atoms with Crippen LogP contribution in [0.5, 0.6) is 0 Å². The van der Waals surface area contributed by atoms with E-state index in [1.807, 2.05) is 0 Å². The smallest absolute Gasteiger partial charge is 0.130 e. The molecular formula is C15H21F2N3. The molecule has 1 N–H and O–H groups in total. The molecule has 0 bridgehead atoms. The van der Waals surface area contributed by atoms with Crippen molar-refractivity contribution in [3.8, 4) is 0 Å². The van der Waals surface area contributed by atoms with E-state index in [2.05, 4.69) is 15.1 Å². The summed E-state index contributed by atoms with van der Waals surface area (Å²) < 4.78 is 26.6. The summed E-state index contributed by atoms with van der Waals surface area (Å²) >= 11 is 0. The summed E-state index contributed by atoms with van der Waals surface area (Å²) in [7, 11) is 0. The Bertz CT molecular complexity index is 460. The molecule has 110 valence electrons. The second-order valence-electron chi connectivity index (χ2n) is 5.70. The number of likely N-dealkylation sites (tertiary alicyclic amines) is 1. The molecule has 0 aliphatic carbocycles. The molecule has 20 heavy (non-hydrogen) atoms. The average Bonchev–Trinajstić information content (AvgIpc) is 2.92. The van der Waals surface area contributed by atoms with Gasteiger partial charge in [0, 0.05) is 63.5 Å². The molecule has 3 nitrogen and oxygen atoms in total. The van der Waals surface area contributed by atoms with Crippen molar-refractivity contribution in [3.05, 3.63) is 35.4 Å². The standard InChI is InChI=1S/C15H21F2N3/c16-13-2-1-12(15(17)9-13)10-19-6-3-14(11-19)20-7-4-18-5-8-20/h1-2,9,14,18H,3-8,10-11H2. The molecule has 0 aromatic heterocycles. The molecule has 2 aliphatic rings. The van der Waals surface area contributed by atoms with Gasteiger partial charge in [0.25, 0.3) is 0 Å². The third-order valence-corrected chi connectivity index (χ3v) is 4.32. The minimum Gasteiger partial charge on any atom is -0.314 e. The molecule has 0 saturated carbocycles. The van der Waals surface area contributed by atoms with Crippen LogP contribution in [0.3, 0.4) is 0 Å². The largest absolute Gasteiger partial charge is 0.314 e. The minimum absolute atomic E-state index is 0.435. The van der Waals surface area contributed by atoms with E-state index in [-0.39, 0.29) is 0 Å². The number of rotatable bonds is 3. The van der Waals surface area contributed by atoms with Crippen molar-refractivity contribution >= 4 is 0 Å². The van der Waals surface area contributed by atoms with E-state index in [9.17, 15) is 8.78 Å². The summed E-state index contributed by atoms with van der Waals surface area (Å²) in [5.41, 5.74) is 0.590. The Morgan fingerprint density at radius 2 is 1.95 bits per heavy atom. The van der Waals surface area contributed by atoms with E-state index in [1.165, 1.54) is 6.07 Å². The normalized spacial score (nSPS) is 25.2. The first kappa shape index (κ1) is 13.9. The van der Waals surface area contributed by atoms with E-state index >= 15 is 0 Å². The fourth-order valence-corrected chi connectivity index (χ4v) is 3.19. The topological polar surface area (TPSA) is 18.5 Å². The van der Waals surface area contributed by atoms with Crippen molar-refractivity contribution in [2.45, 2.75) is 19.0 Å². The van der Waals surface area contributed by atoms with E-state index in [0.717, 1.165) is 51.8 Å². The first-order chi connectivity index (χ1) is 9.72. The monoisotopic (exact) mass is 281 g/mol. The van der Waals surface area contributed by atoms with Crippen molar-refractivity contribution < 1.29 is 8.78 Å². The van der Waals surface area contributed by atoms with Crippen molar-refractivity contribution in [1.82, 2.24) is 15.1 Å². The van der Waals surface area contributed by atoms with Crippen molar-refractivity contribution in [2.75, 3.05) is 39.3 Å². The quantitative estimate of drug-likeness (QED) is 0.904. The molecule has 0 radical (unpaired) electrons. The molecule has 1 unspecified atom stereocenters. The Morgan fingerprint density at radius 1 is 1.15 bits per heavy atom. The van der Waals surface area contributed by atoms with Gasteiger partial charge in [0.05, 0.1) is 0 Å². The molecule has 2 heterocycles. The summed E-state index contributed by atoms with van der Waals surface area (Å²) in [4.78, 5) is 4.79. The van der Waals surface area contributed by atoms with Gasteiger partial charge in [-0.3, -0.25) is 9.80 Å². The molecule has 2 aliphatic heterocycles. The van der Waals surface area contributed by atoms with Gasteiger partial charge in [-0.1, -0.05) is 6.07 Å². The maximum Gasteiger partial charge on any atom is 0.130 e. The number of piperazine rings is 1. The zero-order valence-electron chi connectivity index (χ0n) is 11.6. The molecule has 1 aromatic rings. The molecule has 1 aromatic carbocycles. The second-order valence-corrected chi connectivity index (χ2v) is 5.70. The van der Waals surface area contributed by atoms with Crippen LogP contribution in [0.15, 0.2) is 18.2 Å². The van der Waals surface area contributed by atoms with Crippen LogP contribution < -0.4 is 5.32 Å². The fourth-order valence-electron chi connectivity index (χ4n) is 3.19. The number of halogens is 2. The van der Waals surface area contributed by atoms with Gasteiger partial charge in [-0.05, 0) is 12.5 Å². The first-order valence-corrected chi connectivity index (χ1v) is 7.33. The maximum atomic E-state index is 13.7. The van der Waals surface area contributed by atoms with E-state index in [0.29, 0.717) is 18.2 Å².